The van der Waals surface area contributed by atoms with Gasteiger partial charge < -0.3 is 29.9 Å². The Balaban J connectivity index is 0.000000196. The van der Waals surface area contributed by atoms with Crippen LogP contribution >= 0.6 is 11.6 Å². The van der Waals surface area contributed by atoms with Crippen molar-refractivity contribution >= 4 is 47.0 Å². The predicted molar refractivity (Wildman–Crippen MR) is 251 cm³/mol. The number of ether oxygens (including phenoxy) is 2. The third-order valence-electron chi connectivity index (χ3n) is 11.8. The molecule has 6 aromatic rings. The Morgan fingerprint density at radius 2 is 1.02 bits per heavy atom. The Labute approximate surface area is 388 Å². The zero-order valence-electron chi connectivity index (χ0n) is 37.9. The Hall–Kier alpha value is -7.00. The first kappa shape index (κ1) is 47.0. The number of methoxy groups -OCH3 is 2. The molecular formula is C50H54ClFN8O6. The molecule has 2 aliphatic heterocycles. The number of nitrogens with one attached hydrogen (secondary N) is 2. The highest BCUT2D eigenvalue weighted by atomic mass is 35.5. The maximum Gasteiger partial charge on any atom is 0.337 e. The fourth-order valence-corrected chi connectivity index (χ4v) is 8.56. The molecule has 0 bridgehead atoms. The molecule has 2 aliphatic rings. The van der Waals surface area contributed by atoms with Gasteiger partial charge in [-0.05, 0) is 85.3 Å². The molecule has 4 heterocycles. The van der Waals surface area contributed by atoms with E-state index in [-0.39, 0.29) is 29.9 Å². The molecule has 2 atom stereocenters. The number of anilines is 2. The quantitative estimate of drug-likeness (QED) is 0.0809. The van der Waals surface area contributed by atoms with Gasteiger partial charge >= 0.3 is 11.9 Å². The van der Waals surface area contributed by atoms with E-state index in [2.05, 4.69) is 42.8 Å². The van der Waals surface area contributed by atoms with Gasteiger partial charge in [-0.3, -0.25) is 9.59 Å². The monoisotopic (exact) mass is 916 g/mol. The van der Waals surface area contributed by atoms with Gasteiger partial charge in [-0.25, -0.2) is 23.3 Å². The number of hydrogen-bond acceptors (Lipinski definition) is 10. The van der Waals surface area contributed by atoms with Gasteiger partial charge in [-0.15, -0.1) is 11.6 Å². The molecule has 2 aromatic heterocycles. The van der Waals surface area contributed by atoms with Crippen molar-refractivity contribution in [1.29, 1.82) is 0 Å². The number of nitrogens with zero attached hydrogens (tertiary/aromatic N) is 6. The minimum absolute atomic E-state index is 0.167. The number of esters is 2. The van der Waals surface area contributed by atoms with Crippen molar-refractivity contribution in [2.45, 2.75) is 78.5 Å². The summed E-state index contributed by atoms with van der Waals surface area (Å²) in [6.07, 6.45) is 0. The zero-order chi connectivity index (χ0) is 47.1. The van der Waals surface area contributed by atoms with E-state index in [1.54, 1.807) is 42.5 Å². The molecule has 8 rings (SSSR count). The highest BCUT2D eigenvalue weighted by Gasteiger charge is 2.32. The van der Waals surface area contributed by atoms with Crippen LogP contribution in [0.2, 0.25) is 0 Å². The maximum atomic E-state index is 13.3. The fourth-order valence-electron chi connectivity index (χ4n) is 8.39. The van der Waals surface area contributed by atoms with Crippen molar-refractivity contribution in [2.75, 3.05) is 37.1 Å². The molecule has 66 heavy (non-hydrogen) atoms. The number of carbonyl (C=O) groups excluding carboxylic acids is 4. The van der Waals surface area contributed by atoms with Gasteiger partial charge in [0.25, 0.3) is 11.8 Å². The lowest BCUT2D eigenvalue weighted by Crippen LogP contribution is -2.29. The van der Waals surface area contributed by atoms with Gasteiger partial charge in [0.15, 0.2) is 0 Å². The van der Waals surface area contributed by atoms with Crippen molar-refractivity contribution in [3.63, 3.8) is 0 Å². The maximum absolute atomic E-state index is 13.3. The summed E-state index contributed by atoms with van der Waals surface area (Å²) in [7, 11) is 2.69. The molecule has 2 amide bonds. The molecule has 0 saturated carbocycles. The number of hydrogen-bond donors (Lipinski definition) is 2. The second kappa shape index (κ2) is 20.9. The van der Waals surface area contributed by atoms with Gasteiger partial charge in [0.1, 0.15) is 29.4 Å². The van der Waals surface area contributed by atoms with Crippen molar-refractivity contribution in [2.24, 2.45) is 0 Å². The first-order chi connectivity index (χ1) is 31.8. The van der Waals surface area contributed by atoms with E-state index in [9.17, 15) is 23.6 Å². The molecule has 0 spiro atoms. The molecular weight excluding hydrogens is 863 g/mol. The lowest BCUT2D eigenvalue weighted by atomic mass is 10.1. The van der Waals surface area contributed by atoms with E-state index in [0.29, 0.717) is 64.7 Å². The second-order valence-electron chi connectivity index (χ2n) is 16.4. The number of amides is 2. The van der Waals surface area contributed by atoms with Gasteiger partial charge in [0.05, 0.1) is 61.9 Å². The number of fused-ring (bicyclic) bond motifs is 2. The number of benzene rings is 4. The number of aryl methyl sites for hydroxylation is 2. The smallest absolute Gasteiger partial charge is 0.337 e. The molecule has 14 nitrogen and oxygen atoms in total. The van der Waals surface area contributed by atoms with Crippen LogP contribution < -0.4 is 20.4 Å². The van der Waals surface area contributed by atoms with E-state index in [1.807, 2.05) is 79.5 Å². The number of aromatic nitrogens is 4. The average Bonchev–Trinajstić information content (AvgIpc) is 4.09. The first-order valence-electron chi connectivity index (χ1n) is 21.7. The van der Waals surface area contributed by atoms with Crippen LogP contribution in [0.5, 0.6) is 0 Å². The second-order valence-corrected chi connectivity index (χ2v) is 16.6. The van der Waals surface area contributed by atoms with Crippen LogP contribution in [0.3, 0.4) is 0 Å². The summed E-state index contributed by atoms with van der Waals surface area (Å²) in [6, 6.07) is 29.1. The summed E-state index contributed by atoms with van der Waals surface area (Å²) in [6.45, 7) is 11.2. The van der Waals surface area contributed by atoms with E-state index in [1.165, 1.54) is 14.2 Å². The summed E-state index contributed by atoms with van der Waals surface area (Å²) in [5, 5.41) is 15.3. The summed E-state index contributed by atoms with van der Waals surface area (Å²) in [5.74, 6) is 0.931. The van der Waals surface area contributed by atoms with Gasteiger partial charge in [-0.2, -0.15) is 10.2 Å². The average molecular weight is 917 g/mol. The van der Waals surface area contributed by atoms with E-state index >= 15 is 0 Å². The van der Waals surface area contributed by atoms with E-state index in [0.717, 1.165) is 59.1 Å². The summed E-state index contributed by atoms with van der Waals surface area (Å²) in [5.41, 5.74) is 9.05. The number of carbonyl (C=O) groups is 4. The number of halogens is 2. The summed E-state index contributed by atoms with van der Waals surface area (Å²) >= 11 is 5.99. The Bertz CT molecular complexity index is 2530. The highest BCUT2D eigenvalue weighted by molar-refractivity contribution is 6.17. The molecule has 2 N–H and O–H groups in total. The van der Waals surface area contributed by atoms with E-state index in [4.69, 9.17) is 21.1 Å². The fraction of sp³-hybridized carbons (Fsp3) is 0.320. The van der Waals surface area contributed by atoms with Crippen LogP contribution in [0.1, 0.15) is 112 Å². The van der Waals surface area contributed by atoms with E-state index < -0.39 is 12.6 Å². The first-order valence-corrected chi connectivity index (χ1v) is 22.3. The Morgan fingerprint density at radius 3 is 1.41 bits per heavy atom. The van der Waals surface area contributed by atoms with Crippen molar-refractivity contribution < 1.29 is 33.0 Å². The minimum atomic E-state index is -0.503. The number of rotatable bonds is 14. The Kier molecular flexibility index (Phi) is 14.9. The Morgan fingerprint density at radius 1 is 0.621 bits per heavy atom. The molecule has 16 heteroatoms. The summed E-state index contributed by atoms with van der Waals surface area (Å²) in [4.78, 5) is 54.2. The topological polar surface area (TPSA) is 153 Å². The standard InChI is InChI=1S/C25H27ClN4O3.C25H27FN4O3/c2*1-16(20-7-9-21(10-8-20)25(32)33-3)27-23(31)22-17(2)28-30-12-11-29(24(22)30)15-19-6-4-5-18(13-19)14-26/h2*4-10,13,16H,11-12,14-15H2,1-3H3,(H,27,31)/t2*16-/m00/s1. The molecule has 0 aliphatic carbocycles. The number of alkyl halides is 2. The van der Waals surface area contributed by atoms with Crippen molar-refractivity contribution in [1.82, 2.24) is 30.2 Å². The largest absolute Gasteiger partial charge is 0.465 e. The predicted octanol–water partition coefficient (Wildman–Crippen LogP) is 8.19. The molecule has 0 fully saturated rings. The van der Waals surface area contributed by atoms with Crippen LogP contribution in [0.25, 0.3) is 0 Å². The van der Waals surface area contributed by atoms with Gasteiger partial charge in [0.2, 0.25) is 0 Å². The third kappa shape index (κ3) is 10.4. The van der Waals surface area contributed by atoms with Crippen LogP contribution in [-0.2, 0) is 48.2 Å². The molecule has 0 saturated heterocycles. The van der Waals surface area contributed by atoms with Gasteiger partial charge in [0, 0.05) is 32.1 Å². The van der Waals surface area contributed by atoms with Crippen LogP contribution in [0.15, 0.2) is 97.1 Å². The molecule has 344 valence electrons. The van der Waals surface area contributed by atoms with Gasteiger partial charge in [-0.1, -0.05) is 72.8 Å². The molecule has 0 unspecified atom stereocenters. The lowest BCUT2D eigenvalue weighted by Gasteiger charge is -2.20. The lowest BCUT2D eigenvalue weighted by molar-refractivity contribution is 0.0592. The summed E-state index contributed by atoms with van der Waals surface area (Å²) < 4.78 is 26.3. The van der Waals surface area contributed by atoms with Crippen molar-refractivity contribution in [3.8, 4) is 0 Å². The molecule has 0 radical (unpaired) electrons. The molecule has 4 aromatic carbocycles. The SMILES string of the molecule is COC(=O)c1ccc([C@H](C)NC(=O)c2c(C)nn3c2N(Cc2cccc(CCl)c2)CC3)cc1.COC(=O)c1ccc([C@H](C)NC(=O)c2c(C)nn3c2N(Cc2cccc(CF)c2)CC3)cc1. The minimum Gasteiger partial charge on any atom is -0.465 e. The normalized spacial score (nSPS) is 13.5. The van der Waals surface area contributed by atoms with Crippen LogP contribution in [0, 0.1) is 13.8 Å². The van der Waals surface area contributed by atoms with Crippen LogP contribution in [-0.4, -0.2) is 70.6 Å². The van der Waals surface area contributed by atoms with Crippen LogP contribution in [0.4, 0.5) is 16.0 Å². The third-order valence-corrected chi connectivity index (χ3v) is 12.1. The van der Waals surface area contributed by atoms with Crippen molar-refractivity contribution in [3.05, 3.63) is 164 Å². The zero-order valence-corrected chi connectivity index (χ0v) is 38.7. The highest BCUT2D eigenvalue weighted by Crippen LogP contribution is 2.32.